The van der Waals surface area contributed by atoms with Crippen LogP contribution in [0.3, 0.4) is 0 Å². The first-order valence-electron chi connectivity index (χ1n) is 11.8. The molecular weight excluding hydrogens is 460 g/mol. The highest BCUT2D eigenvalue weighted by Gasteiger charge is 2.25. The van der Waals surface area contributed by atoms with Crippen LogP contribution in [-0.2, 0) is 17.9 Å². The zero-order chi connectivity index (χ0) is 25.2. The van der Waals surface area contributed by atoms with Crippen LogP contribution in [0, 0.1) is 6.92 Å². The Morgan fingerprint density at radius 1 is 0.914 bits per heavy atom. The summed E-state index contributed by atoms with van der Waals surface area (Å²) in [7, 11) is 3.09. The monoisotopic (exact) mass is 494 g/mol. The average Bonchev–Trinajstić information content (AvgIpc) is 3.30. The Morgan fingerprint density at radius 3 is 2.31 bits per heavy atom. The maximum absolute atomic E-state index is 13.6. The van der Waals surface area contributed by atoms with Crippen molar-refractivity contribution in [1.82, 2.24) is 9.80 Å². The molecule has 0 unspecified atom stereocenters. The molecule has 0 aliphatic heterocycles. The number of benzene rings is 2. The molecule has 2 amide bonds. The molecule has 3 aromatic rings. The van der Waals surface area contributed by atoms with Gasteiger partial charge in [0.1, 0.15) is 18.0 Å². The molecule has 1 heterocycles. The molecule has 0 spiro atoms. The zero-order valence-corrected chi connectivity index (χ0v) is 21.8. The standard InChI is InChI=1S/C28H34N2O4S/c1-5-6-16-29(28(32)25-15-13-23(33-3)17-26(25)34-4)20-27(31)30(18-22-10-8-7-9-11-22)19-24-14-12-21(2)35-24/h7-15,17H,5-6,16,18-20H2,1-4H3. The summed E-state index contributed by atoms with van der Waals surface area (Å²) in [5, 5.41) is 0. The number of rotatable bonds is 12. The largest absolute Gasteiger partial charge is 0.497 e. The van der Waals surface area contributed by atoms with E-state index in [0.717, 1.165) is 23.3 Å². The van der Waals surface area contributed by atoms with Gasteiger partial charge >= 0.3 is 0 Å². The molecule has 6 nitrogen and oxygen atoms in total. The van der Waals surface area contributed by atoms with Crippen molar-refractivity contribution < 1.29 is 19.1 Å². The normalized spacial score (nSPS) is 10.6. The molecule has 0 aliphatic rings. The van der Waals surface area contributed by atoms with E-state index in [9.17, 15) is 9.59 Å². The molecule has 0 aliphatic carbocycles. The van der Waals surface area contributed by atoms with E-state index in [1.165, 1.54) is 12.0 Å². The second-order valence-corrected chi connectivity index (χ2v) is 9.77. The van der Waals surface area contributed by atoms with Gasteiger partial charge in [0.2, 0.25) is 5.91 Å². The summed E-state index contributed by atoms with van der Waals surface area (Å²) >= 11 is 1.69. The van der Waals surface area contributed by atoms with Gasteiger partial charge in [0.05, 0.1) is 26.3 Å². The van der Waals surface area contributed by atoms with E-state index >= 15 is 0 Å². The van der Waals surface area contributed by atoms with Crippen molar-refractivity contribution in [3.8, 4) is 11.5 Å². The van der Waals surface area contributed by atoms with E-state index in [1.807, 2.05) is 35.2 Å². The predicted molar refractivity (Wildman–Crippen MR) is 140 cm³/mol. The fraction of sp³-hybridized carbons (Fsp3) is 0.357. The molecule has 3 rings (SSSR count). The Kier molecular flexibility index (Phi) is 9.73. The van der Waals surface area contributed by atoms with Gasteiger partial charge in [0.25, 0.3) is 5.91 Å². The van der Waals surface area contributed by atoms with Crippen molar-refractivity contribution in [2.24, 2.45) is 0 Å². The lowest BCUT2D eigenvalue weighted by atomic mass is 10.1. The molecule has 2 aromatic carbocycles. The van der Waals surface area contributed by atoms with Crippen LogP contribution in [0.25, 0.3) is 0 Å². The molecule has 186 valence electrons. The number of nitrogens with zero attached hydrogens (tertiary/aromatic N) is 2. The van der Waals surface area contributed by atoms with Gasteiger partial charge in [0, 0.05) is 28.9 Å². The number of methoxy groups -OCH3 is 2. The van der Waals surface area contributed by atoms with Gasteiger partial charge in [0.15, 0.2) is 0 Å². The number of ether oxygens (including phenoxy) is 2. The number of thiophene rings is 1. The van der Waals surface area contributed by atoms with Crippen LogP contribution in [-0.4, -0.2) is 48.9 Å². The van der Waals surface area contributed by atoms with Gasteiger partial charge in [-0.1, -0.05) is 43.7 Å². The van der Waals surface area contributed by atoms with Crippen LogP contribution in [0.1, 0.15) is 45.4 Å². The van der Waals surface area contributed by atoms with E-state index in [1.54, 1.807) is 41.5 Å². The van der Waals surface area contributed by atoms with Crippen molar-refractivity contribution in [3.05, 3.63) is 81.5 Å². The summed E-state index contributed by atoms with van der Waals surface area (Å²) in [5.74, 6) is 0.725. The maximum Gasteiger partial charge on any atom is 0.258 e. The molecular formula is C28H34N2O4S. The summed E-state index contributed by atoms with van der Waals surface area (Å²) in [6.07, 6.45) is 1.72. The maximum atomic E-state index is 13.6. The molecule has 7 heteroatoms. The Labute approximate surface area is 212 Å². The van der Waals surface area contributed by atoms with Crippen molar-refractivity contribution in [3.63, 3.8) is 0 Å². The molecule has 0 N–H and O–H groups in total. The van der Waals surface area contributed by atoms with Gasteiger partial charge in [-0.3, -0.25) is 9.59 Å². The van der Waals surface area contributed by atoms with Crippen LogP contribution in [0.15, 0.2) is 60.7 Å². The van der Waals surface area contributed by atoms with Crippen LogP contribution in [0.4, 0.5) is 0 Å². The van der Waals surface area contributed by atoms with E-state index in [2.05, 4.69) is 26.0 Å². The summed E-state index contributed by atoms with van der Waals surface area (Å²) in [6, 6.07) is 19.2. The first-order valence-corrected chi connectivity index (χ1v) is 12.6. The lowest BCUT2D eigenvalue weighted by molar-refractivity contribution is -0.133. The second kappa shape index (κ2) is 13.0. The number of unbranched alkanes of at least 4 members (excludes halogenated alkanes) is 1. The molecule has 0 saturated carbocycles. The van der Waals surface area contributed by atoms with Gasteiger partial charge in [-0.2, -0.15) is 0 Å². The SMILES string of the molecule is CCCCN(CC(=O)N(Cc1ccccc1)Cc1ccc(C)s1)C(=O)c1ccc(OC)cc1OC. The molecule has 1 aromatic heterocycles. The second-order valence-electron chi connectivity index (χ2n) is 8.39. The Balaban J connectivity index is 1.84. The lowest BCUT2D eigenvalue weighted by Gasteiger charge is -2.28. The van der Waals surface area contributed by atoms with Crippen molar-refractivity contribution in [1.29, 1.82) is 0 Å². The van der Waals surface area contributed by atoms with E-state index in [4.69, 9.17) is 9.47 Å². The van der Waals surface area contributed by atoms with Crippen LogP contribution < -0.4 is 9.47 Å². The minimum atomic E-state index is -0.224. The summed E-state index contributed by atoms with van der Waals surface area (Å²) in [6.45, 7) is 5.62. The average molecular weight is 495 g/mol. The van der Waals surface area contributed by atoms with Crippen LogP contribution in [0.2, 0.25) is 0 Å². The van der Waals surface area contributed by atoms with Crippen molar-refractivity contribution in [2.45, 2.75) is 39.8 Å². The zero-order valence-electron chi connectivity index (χ0n) is 21.0. The first-order chi connectivity index (χ1) is 16.9. The Morgan fingerprint density at radius 2 is 1.69 bits per heavy atom. The number of hydrogen-bond acceptors (Lipinski definition) is 5. The third-order valence-corrected chi connectivity index (χ3v) is 6.73. The van der Waals surface area contributed by atoms with Gasteiger partial charge < -0.3 is 19.3 Å². The molecule has 0 atom stereocenters. The Bertz CT molecular complexity index is 1110. The number of hydrogen-bond donors (Lipinski definition) is 0. The lowest BCUT2D eigenvalue weighted by Crippen LogP contribution is -2.43. The highest BCUT2D eigenvalue weighted by molar-refractivity contribution is 7.11. The van der Waals surface area contributed by atoms with E-state index in [-0.39, 0.29) is 18.4 Å². The molecule has 0 radical (unpaired) electrons. The van der Waals surface area contributed by atoms with Gasteiger partial charge in [-0.15, -0.1) is 11.3 Å². The minimum absolute atomic E-state index is 0.00517. The fourth-order valence-corrected chi connectivity index (χ4v) is 4.71. The quantitative estimate of drug-likeness (QED) is 0.331. The number of carbonyl (C=O) groups excluding carboxylic acids is 2. The summed E-state index contributed by atoms with van der Waals surface area (Å²) < 4.78 is 10.7. The third-order valence-electron chi connectivity index (χ3n) is 5.75. The van der Waals surface area contributed by atoms with Crippen molar-refractivity contribution >= 4 is 23.2 Å². The molecule has 35 heavy (non-hydrogen) atoms. The number of amides is 2. The summed E-state index contributed by atoms with van der Waals surface area (Å²) in [4.78, 5) is 32.9. The number of carbonyl (C=O) groups is 2. The van der Waals surface area contributed by atoms with Crippen LogP contribution >= 0.6 is 11.3 Å². The highest BCUT2D eigenvalue weighted by atomic mass is 32.1. The Hall–Kier alpha value is -3.32. The first kappa shape index (κ1) is 26.3. The number of aryl methyl sites for hydroxylation is 1. The minimum Gasteiger partial charge on any atom is -0.497 e. The summed E-state index contributed by atoms with van der Waals surface area (Å²) in [5.41, 5.74) is 1.47. The van der Waals surface area contributed by atoms with Gasteiger partial charge in [-0.25, -0.2) is 0 Å². The third kappa shape index (κ3) is 7.33. The van der Waals surface area contributed by atoms with E-state index < -0.39 is 0 Å². The van der Waals surface area contributed by atoms with Crippen molar-refractivity contribution in [2.75, 3.05) is 27.3 Å². The van der Waals surface area contributed by atoms with E-state index in [0.29, 0.717) is 36.7 Å². The smallest absolute Gasteiger partial charge is 0.258 e. The molecule has 0 bridgehead atoms. The molecule has 0 fully saturated rings. The highest BCUT2D eigenvalue weighted by Crippen LogP contribution is 2.26. The molecule has 0 saturated heterocycles. The van der Waals surface area contributed by atoms with Gasteiger partial charge in [-0.05, 0) is 43.2 Å². The predicted octanol–water partition coefficient (Wildman–Crippen LogP) is 5.55. The van der Waals surface area contributed by atoms with Crippen LogP contribution in [0.5, 0.6) is 11.5 Å². The fourth-order valence-electron chi connectivity index (χ4n) is 3.80. The topological polar surface area (TPSA) is 59.1 Å².